The molecule has 18 heavy (non-hydrogen) atoms. The molecule has 0 saturated heterocycles. The van der Waals surface area contributed by atoms with E-state index < -0.39 is 5.41 Å². The molecule has 0 atom stereocenters. The summed E-state index contributed by atoms with van der Waals surface area (Å²) >= 11 is 0. The Bertz CT molecular complexity index is 305. The molecular weight excluding hydrogens is 230 g/mol. The van der Waals surface area contributed by atoms with Gasteiger partial charge in [0.15, 0.2) is 5.84 Å². The van der Waals surface area contributed by atoms with Crippen molar-refractivity contribution in [3.05, 3.63) is 0 Å². The highest BCUT2D eigenvalue weighted by Crippen LogP contribution is 2.20. The van der Waals surface area contributed by atoms with Gasteiger partial charge in [-0.3, -0.25) is 4.79 Å². The largest absolute Gasteiger partial charge is 0.409 e. The number of amidine groups is 1. The van der Waals surface area contributed by atoms with Gasteiger partial charge in [0.25, 0.3) is 0 Å². The molecular formula is C13H25N3O2. The lowest BCUT2D eigenvalue weighted by Gasteiger charge is -2.27. The Morgan fingerprint density at radius 3 is 2.22 bits per heavy atom. The molecule has 104 valence electrons. The summed E-state index contributed by atoms with van der Waals surface area (Å²) in [5.41, 5.74) is 4.59. The Labute approximate surface area is 109 Å². The summed E-state index contributed by atoms with van der Waals surface area (Å²) in [6, 6.07) is 0.226. The van der Waals surface area contributed by atoms with Gasteiger partial charge >= 0.3 is 0 Å². The number of carbonyl (C=O) groups excluding carboxylic acids is 1. The van der Waals surface area contributed by atoms with Crippen molar-refractivity contribution in [2.45, 2.75) is 64.8 Å². The van der Waals surface area contributed by atoms with Crippen LogP contribution in [0.2, 0.25) is 0 Å². The van der Waals surface area contributed by atoms with E-state index in [2.05, 4.69) is 10.5 Å². The molecule has 0 unspecified atom stereocenters. The lowest BCUT2D eigenvalue weighted by molar-refractivity contribution is -0.127. The zero-order chi connectivity index (χ0) is 13.6. The van der Waals surface area contributed by atoms with E-state index in [0.29, 0.717) is 0 Å². The van der Waals surface area contributed by atoms with Crippen molar-refractivity contribution in [1.82, 2.24) is 5.32 Å². The minimum Gasteiger partial charge on any atom is -0.409 e. The van der Waals surface area contributed by atoms with Crippen molar-refractivity contribution in [3.8, 4) is 0 Å². The van der Waals surface area contributed by atoms with Gasteiger partial charge in [0.2, 0.25) is 5.91 Å². The van der Waals surface area contributed by atoms with Crippen LogP contribution in [-0.4, -0.2) is 23.0 Å². The van der Waals surface area contributed by atoms with Gasteiger partial charge in [-0.15, -0.1) is 0 Å². The van der Waals surface area contributed by atoms with Crippen molar-refractivity contribution in [1.29, 1.82) is 0 Å². The van der Waals surface area contributed by atoms with Gasteiger partial charge < -0.3 is 16.3 Å². The molecule has 5 heteroatoms. The van der Waals surface area contributed by atoms with Crippen molar-refractivity contribution in [2.24, 2.45) is 16.3 Å². The standard InChI is InChI=1S/C13H25N3O2/c1-13(2,11(14)16-18)12(17)15-10-8-6-4-3-5-7-9-10/h10,18H,3-9H2,1-2H3,(H2,14,16)(H,15,17). The number of nitrogens with zero attached hydrogens (tertiary/aromatic N) is 1. The summed E-state index contributed by atoms with van der Waals surface area (Å²) in [6.45, 7) is 3.33. The molecule has 0 heterocycles. The molecule has 1 amide bonds. The predicted molar refractivity (Wildman–Crippen MR) is 71.4 cm³/mol. The fourth-order valence-electron chi connectivity index (χ4n) is 2.21. The summed E-state index contributed by atoms with van der Waals surface area (Å²) in [7, 11) is 0. The molecule has 1 rings (SSSR count). The number of oxime groups is 1. The first-order chi connectivity index (χ1) is 8.48. The van der Waals surface area contributed by atoms with Crippen LogP contribution in [0.15, 0.2) is 5.16 Å². The second-order valence-electron chi connectivity index (χ2n) is 5.63. The quantitative estimate of drug-likeness (QED) is 0.312. The van der Waals surface area contributed by atoms with E-state index in [4.69, 9.17) is 10.9 Å². The third-order valence-corrected chi connectivity index (χ3v) is 3.76. The molecule has 0 aromatic carbocycles. The summed E-state index contributed by atoms with van der Waals surface area (Å²) in [5, 5.41) is 14.7. The molecule has 0 spiro atoms. The maximum Gasteiger partial charge on any atom is 0.233 e. The van der Waals surface area contributed by atoms with Crippen LogP contribution in [0, 0.1) is 5.41 Å². The molecule has 1 saturated carbocycles. The van der Waals surface area contributed by atoms with Gasteiger partial charge in [-0.05, 0) is 26.7 Å². The van der Waals surface area contributed by atoms with E-state index in [1.54, 1.807) is 13.8 Å². The highest BCUT2D eigenvalue weighted by molar-refractivity contribution is 6.05. The number of rotatable bonds is 3. The van der Waals surface area contributed by atoms with Gasteiger partial charge in [-0.1, -0.05) is 37.3 Å². The molecule has 1 aliphatic rings. The van der Waals surface area contributed by atoms with E-state index in [-0.39, 0.29) is 17.8 Å². The van der Waals surface area contributed by atoms with Crippen molar-refractivity contribution < 1.29 is 10.0 Å². The van der Waals surface area contributed by atoms with Gasteiger partial charge in [-0.2, -0.15) is 0 Å². The van der Waals surface area contributed by atoms with Crippen LogP contribution in [0.3, 0.4) is 0 Å². The Hall–Kier alpha value is -1.26. The first-order valence-corrected chi connectivity index (χ1v) is 6.77. The molecule has 1 fully saturated rings. The number of hydrogen-bond donors (Lipinski definition) is 3. The summed E-state index contributed by atoms with van der Waals surface area (Å²) in [6.07, 6.45) is 8.17. The van der Waals surface area contributed by atoms with E-state index in [1.165, 1.54) is 19.3 Å². The fraction of sp³-hybridized carbons (Fsp3) is 0.846. The Morgan fingerprint density at radius 2 is 1.72 bits per heavy atom. The zero-order valence-corrected chi connectivity index (χ0v) is 11.4. The molecule has 0 aromatic heterocycles. The van der Waals surface area contributed by atoms with E-state index >= 15 is 0 Å². The number of hydrogen-bond acceptors (Lipinski definition) is 3. The second kappa shape index (κ2) is 6.61. The molecule has 0 aromatic rings. The maximum absolute atomic E-state index is 12.1. The van der Waals surface area contributed by atoms with Crippen LogP contribution >= 0.6 is 0 Å². The number of amides is 1. The van der Waals surface area contributed by atoms with Crippen LogP contribution in [0.4, 0.5) is 0 Å². The normalized spacial score (nSPS) is 20.0. The SMILES string of the molecule is CC(C)(C(=O)NC1CCCCCCC1)C(N)=NO. The molecule has 0 aliphatic heterocycles. The zero-order valence-electron chi connectivity index (χ0n) is 11.4. The van der Waals surface area contributed by atoms with Gasteiger partial charge in [0, 0.05) is 6.04 Å². The Morgan fingerprint density at radius 1 is 1.22 bits per heavy atom. The summed E-state index contributed by atoms with van der Waals surface area (Å²) in [4.78, 5) is 12.1. The van der Waals surface area contributed by atoms with Crippen molar-refractivity contribution in [3.63, 3.8) is 0 Å². The third kappa shape index (κ3) is 3.89. The van der Waals surface area contributed by atoms with Crippen molar-refractivity contribution in [2.75, 3.05) is 0 Å². The molecule has 5 nitrogen and oxygen atoms in total. The lowest BCUT2D eigenvalue weighted by Crippen LogP contribution is -2.49. The van der Waals surface area contributed by atoms with E-state index in [9.17, 15) is 4.79 Å². The number of carbonyl (C=O) groups is 1. The molecule has 0 radical (unpaired) electrons. The first kappa shape index (κ1) is 14.8. The Balaban J connectivity index is 2.57. The van der Waals surface area contributed by atoms with Gasteiger partial charge in [0.1, 0.15) is 5.41 Å². The van der Waals surface area contributed by atoms with Crippen LogP contribution in [0.1, 0.15) is 58.8 Å². The monoisotopic (exact) mass is 255 g/mol. The van der Waals surface area contributed by atoms with Gasteiger partial charge in [0.05, 0.1) is 0 Å². The molecule has 4 N–H and O–H groups in total. The smallest absolute Gasteiger partial charge is 0.233 e. The fourth-order valence-corrected chi connectivity index (χ4v) is 2.21. The topological polar surface area (TPSA) is 87.7 Å². The molecule has 1 aliphatic carbocycles. The van der Waals surface area contributed by atoms with E-state index in [0.717, 1.165) is 25.7 Å². The average Bonchev–Trinajstić information content (AvgIpc) is 2.30. The van der Waals surface area contributed by atoms with Crippen LogP contribution in [0.25, 0.3) is 0 Å². The maximum atomic E-state index is 12.1. The highest BCUT2D eigenvalue weighted by Gasteiger charge is 2.33. The summed E-state index contributed by atoms with van der Waals surface area (Å²) < 4.78 is 0. The number of nitrogens with two attached hydrogens (primary N) is 1. The van der Waals surface area contributed by atoms with E-state index in [1.807, 2.05) is 0 Å². The first-order valence-electron chi connectivity index (χ1n) is 6.77. The van der Waals surface area contributed by atoms with Crippen LogP contribution in [0.5, 0.6) is 0 Å². The number of nitrogens with one attached hydrogen (secondary N) is 1. The van der Waals surface area contributed by atoms with Gasteiger partial charge in [-0.25, -0.2) is 0 Å². The average molecular weight is 255 g/mol. The molecule has 0 bridgehead atoms. The minimum absolute atomic E-state index is 0.0501. The highest BCUT2D eigenvalue weighted by atomic mass is 16.4. The van der Waals surface area contributed by atoms with Crippen LogP contribution in [-0.2, 0) is 4.79 Å². The van der Waals surface area contributed by atoms with Crippen LogP contribution < -0.4 is 11.1 Å². The lowest BCUT2D eigenvalue weighted by atomic mass is 9.89. The van der Waals surface area contributed by atoms with Crippen molar-refractivity contribution >= 4 is 11.7 Å². The third-order valence-electron chi connectivity index (χ3n) is 3.76. The Kier molecular flexibility index (Phi) is 5.44. The summed E-state index contributed by atoms with van der Waals surface area (Å²) in [5.74, 6) is -0.214. The predicted octanol–water partition coefficient (Wildman–Crippen LogP) is 1.99. The minimum atomic E-state index is -0.961. The second-order valence-corrected chi connectivity index (χ2v) is 5.63.